The summed E-state index contributed by atoms with van der Waals surface area (Å²) in [6.07, 6.45) is 3.82. The van der Waals surface area contributed by atoms with E-state index in [1.54, 1.807) is 0 Å². The van der Waals surface area contributed by atoms with Crippen molar-refractivity contribution in [3.63, 3.8) is 0 Å². The molecule has 0 radical (unpaired) electrons. The predicted octanol–water partition coefficient (Wildman–Crippen LogP) is -0.401. The van der Waals surface area contributed by atoms with Gasteiger partial charge in [0.25, 0.3) is 0 Å². The lowest BCUT2D eigenvalue weighted by Crippen LogP contribution is -2.54. The van der Waals surface area contributed by atoms with Crippen LogP contribution in [0, 0.1) is 0 Å². The Morgan fingerprint density at radius 2 is 2.46 bits per heavy atom. The summed E-state index contributed by atoms with van der Waals surface area (Å²) in [5.41, 5.74) is 1.52. The van der Waals surface area contributed by atoms with Crippen molar-refractivity contribution in [1.29, 1.82) is 0 Å². The standard InChI is InChI=1S/C9H11N3O/c1-6-5-11-8(9(13)12-6)7-3-2-4-10-7/h2-3,8,11H,1,4-5H2,(H,12,13). The number of rotatable bonds is 1. The van der Waals surface area contributed by atoms with Crippen LogP contribution in [0.1, 0.15) is 0 Å². The van der Waals surface area contributed by atoms with Crippen LogP contribution in [0.3, 0.4) is 0 Å². The summed E-state index contributed by atoms with van der Waals surface area (Å²) < 4.78 is 0. The molecule has 13 heavy (non-hydrogen) atoms. The number of piperazine rings is 1. The van der Waals surface area contributed by atoms with Gasteiger partial charge in [-0.15, -0.1) is 0 Å². The molecule has 0 saturated carbocycles. The average Bonchev–Trinajstić information content (AvgIpc) is 2.56. The number of carbonyl (C=O) groups excluding carboxylic acids is 1. The van der Waals surface area contributed by atoms with Crippen LogP contribution in [0.25, 0.3) is 0 Å². The Morgan fingerprint density at radius 3 is 3.08 bits per heavy atom. The molecule has 1 unspecified atom stereocenters. The molecule has 2 N–H and O–H groups in total. The Labute approximate surface area is 76.4 Å². The zero-order valence-electron chi connectivity index (χ0n) is 7.21. The third-order valence-corrected chi connectivity index (χ3v) is 2.05. The van der Waals surface area contributed by atoms with Crippen LogP contribution in [0.15, 0.2) is 29.4 Å². The Balaban J connectivity index is 2.12. The smallest absolute Gasteiger partial charge is 0.247 e. The molecule has 2 heterocycles. The van der Waals surface area contributed by atoms with Gasteiger partial charge in [-0.25, -0.2) is 0 Å². The van der Waals surface area contributed by atoms with Gasteiger partial charge in [-0.2, -0.15) is 0 Å². The molecule has 0 spiro atoms. The Hall–Kier alpha value is -1.42. The highest BCUT2D eigenvalue weighted by Gasteiger charge is 2.27. The van der Waals surface area contributed by atoms with Gasteiger partial charge in [0, 0.05) is 12.2 Å². The van der Waals surface area contributed by atoms with Crippen LogP contribution in [0.4, 0.5) is 0 Å². The largest absolute Gasteiger partial charge is 0.327 e. The second kappa shape index (κ2) is 3.14. The maximum Gasteiger partial charge on any atom is 0.247 e. The van der Waals surface area contributed by atoms with Crippen LogP contribution in [-0.4, -0.2) is 30.8 Å². The van der Waals surface area contributed by atoms with E-state index in [4.69, 9.17) is 0 Å². The van der Waals surface area contributed by atoms with E-state index in [1.165, 1.54) is 0 Å². The van der Waals surface area contributed by atoms with Crippen LogP contribution in [0.2, 0.25) is 0 Å². The normalized spacial score (nSPS) is 27.4. The van der Waals surface area contributed by atoms with Crippen molar-refractivity contribution < 1.29 is 4.79 Å². The van der Waals surface area contributed by atoms with Crippen LogP contribution >= 0.6 is 0 Å². The number of nitrogens with zero attached hydrogens (tertiary/aromatic N) is 1. The summed E-state index contributed by atoms with van der Waals surface area (Å²) in [4.78, 5) is 15.6. The summed E-state index contributed by atoms with van der Waals surface area (Å²) in [6.45, 7) is 4.97. The van der Waals surface area contributed by atoms with Gasteiger partial charge in [0.05, 0.1) is 12.3 Å². The van der Waals surface area contributed by atoms with E-state index in [2.05, 4.69) is 22.2 Å². The highest BCUT2D eigenvalue weighted by Crippen LogP contribution is 2.04. The number of hydrogen-bond acceptors (Lipinski definition) is 3. The van der Waals surface area contributed by atoms with Gasteiger partial charge < -0.3 is 5.32 Å². The molecule has 1 saturated heterocycles. The fraction of sp³-hybridized carbons (Fsp3) is 0.333. The summed E-state index contributed by atoms with van der Waals surface area (Å²) in [6, 6.07) is -0.302. The second-order valence-corrected chi connectivity index (χ2v) is 3.07. The predicted molar refractivity (Wildman–Crippen MR) is 50.5 cm³/mol. The van der Waals surface area contributed by atoms with Crippen molar-refractivity contribution in [2.75, 3.05) is 13.1 Å². The molecule has 2 aliphatic rings. The third kappa shape index (κ3) is 1.53. The van der Waals surface area contributed by atoms with Crippen LogP contribution in [-0.2, 0) is 4.79 Å². The van der Waals surface area contributed by atoms with E-state index < -0.39 is 0 Å². The van der Waals surface area contributed by atoms with Crippen molar-refractivity contribution >= 4 is 11.6 Å². The topological polar surface area (TPSA) is 53.5 Å². The molecule has 68 valence electrons. The Kier molecular flexibility index (Phi) is 1.98. The molecule has 0 aromatic heterocycles. The summed E-state index contributed by atoms with van der Waals surface area (Å²) in [5.74, 6) is -0.0680. The van der Waals surface area contributed by atoms with Gasteiger partial charge in [-0.3, -0.25) is 15.1 Å². The highest BCUT2D eigenvalue weighted by molar-refractivity contribution is 6.14. The van der Waals surface area contributed by atoms with E-state index in [9.17, 15) is 4.79 Å². The lowest BCUT2D eigenvalue weighted by atomic mass is 10.1. The van der Waals surface area contributed by atoms with E-state index in [0.717, 1.165) is 5.71 Å². The molecule has 0 aliphatic carbocycles. The van der Waals surface area contributed by atoms with Crippen molar-refractivity contribution in [3.05, 3.63) is 24.4 Å². The lowest BCUT2D eigenvalue weighted by molar-refractivity contribution is -0.121. The highest BCUT2D eigenvalue weighted by atomic mass is 16.2. The van der Waals surface area contributed by atoms with Crippen LogP contribution in [0.5, 0.6) is 0 Å². The minimum atomic E-state index is -0.302. The average molecular weight is 177 g/mol. The maximum atomic E-state index is 11.4. The van der Waals surface area contributed by atoms with Crippen LogP contribution < -0.4 is 10.6 Å². The molecule has 2 rings (SSSR count). The van der Waals surface area contributed by atoms with E-state index in [-0.39, 0.29) is 11.9 Å². The van der Waals surface area contributed by atoms with Gasteiger partial charge in [0.2, 0.25) is 5.91 Å². The van der Waals surface area contributed by atoms with Crippen molar-refractivity contribution in [2.45, 2.75) is 6.04 Å². The van der Waals surface area contributed by atoms with E-state index >= 15 is 0 Å². The van der Waals surface area contributed by atoms with E-state index in [0.29, 0.717) is 18.8 Å². The molecule has 1 fully saturated rings. The number of nitrogens with one attached hydrogen (secondary N) is 2. The zero-order valence-corrected chi connectivity index (χ0v) is 7.21. The molecular formula is C9H11N3O. The quantitative estimate of drug-likeness (QED) is 0.572. The first-order valence-electron chi connectivity index (χ1n) is 4.20. The monoisotopic (exact) mass is 177 g/mol. The summed E-state index contributed by atoms with van der Waals surface area (Å²) in [7, 11) is 0. The van der Waals surface area contributed by atoms with Gasteiger partial charge in [-0.05, 0) is 6.08 Å². The molecule has 1 atom stereocenters. The fourth-order valence-electron chi connectivity index (χ4n) is 1.42. The molecular weight excluding hydrogens is 166 g/mol. The number of aliphatic imine (C=N–C) groups is 1. The number of amides is 1. The maximum absolute atomic E-state index is 11.4. The van der Waals surface area contributed by atoms with Gasteiger partial charge in [0.15, 0.2) is 0 Å². The molecule has 1 amide bonds. The first-order chi connectivity index (χ1) is 6.27. The molecule has 4 nitrogen and oxygen atoms in total. The summed E-state index contributed by atoms with van der Waals surface area (Å²) in [5, 5.41) is 5.76. The van der Waals surface area contributed by atoms with Crippen molar-refractivity contribution in [1.82, 2.24) is 10.6 Å². The van der Waals surface area contributed by atoms with Crippen molar-refractivity contribution in [2.24, 2.45) is 4.99 Å². The molecule has 0 bridgehead atoms. The first kappa shape index (κ1) is 8.19. The minimum absolute atomic E-state index is 0.0680. The van der Waals surface area contributed by atoms with Gasteiger partial charge >= 0.3 is 0 Å². The van der Waals surface area contributed by atoms with Crippen molar-refractivity contribution in [3.8, 4) is 0 Å². The molecule has 0 aromatic rings. The number of carbonyl (C=O) groups is 1. The fourth-order valence-corrected chi connectivity index (χ4v) is 1.42. The van der Waals surface area contributed by atoms with Gasteiger partial charge in [0.1, 0.15) is 6.04 Å². The zero-order chi connectivity index (χ0) is 9.26. The molecule has 0 aromatic carbocycles. The third-order valence-electron chi connectivity index (χ3n) is 2.05. The SMILES string of the molecule is C=C1CNC(C2=NCC=C2)C(=O)N1. The Morgan fingerprint density at radius 1 is 1.62 bits per heavy atom. The van der Waals surface area contributed by atoms with E-state index in [1.807, 2.05) is 12.2 Å². The van der Waals surface area contributed by atoms with Gasteiger partial charge in [-0.1, -0.05) is 12.7 Å². The Bertz CT molecular complexity index is 317. The summed E-state index contributed by atoms with van der Waals surface area (Å²) >= 11 is 0. The molecule has 4 heteroatoms. The second-order valence-electron chi connectivity index (χ2n) is 3.07. The first-order valence-corrected chi connectivity index (χ1v) is 4.20. The minimum Gasteiger partial charge on any atom is -0.327 e. The lowest BCUT2D eigenvalue weighted by Gasteiger charge is -2.24. The number of hydrogen-bond donors (Lipinski definition) is 2. The molecule has 2 aliphatic heterocycles.